The van der Waals surface area contributed by atoms with Gasteiger partial charge in [-0.25, -0.2) is 0 Å². The molecule has 4 nitrogen and oxygen atoms in total. The van der Waals surface area contributed by atoms with Crippen LogP contribution in [0.3, 0.4) is 0 Å². The molecule has 2 aromatic rings. The Morgan fingerprint density at radius 2 is 1.73 bits per heavy atom. The van der Waals surface area contributed by atoms with Gasteiger partial charge in [0, 0.05) is 12.6 Å². The first kappa shape index (κ1) is 18.5. The molecule has 1 aliphatic carbocycles. The number of methoxy groups -OCH3 is 2. The second-order valence-corrected chi connectivity index (χ2v) is 6.33. The van der Waals surface area contributed by atoms with Crippen molar-refractivity contribution in [1.29, 1.82) is 0 Å². The van der Waals surface area contributed by atoms with Crippen molar-refractivity contribution in [2.24, 2.45) is 5.92 Å². The molecule has 1 N–H and O–H groups in total. The van der Waals surface area contributed by atoms with Crippen molar-refractivity contribution in [2.45, 2.75) is 32.0 Å². The summed E-state index contributed by atoms with van der Waals surface area (Å²) < 4.78 is 40.0. The predicted octanol–water partition coefficient (Wildman–Crippen LogP) is 4.55. The van der Waals surface area contributed by atoms with Crippen LogP contribution in [0, 0.1) is 5.92 Å². The van der Waals surface area contributed by atoms with Crippen LogP contribution in [0.1, 0.15) is 30.0 Å². The van der Waals surface area contributed by atoms with Gasteiger partial charge in [0.25, 0.3) is 0 Å². The van der Waals surface area contributed by atoms with Crippen molar-refractivity contribution in [3.8, 4) is 17.2 Å². The Hall–Kier alpha value is -2.34. The van der Waals surface area contributed by atoms with Gasteiger partial charge in [0.2, 0.25) is 0 Å². The Labute approximate surface area is 152 Å². The summed E-state index contributed by atoms with van der Waals surface area (Å²) in [6, 6.07) is 13.3. The summed E-state index contributed by atoms with van der Waals surface area (Å²) in [6.45, 7) is -2.33. The highest BCUT2D eigenvalue weighted by Crippen LogP contribution is 2.41. The smallest absolute Gasteiger partial charge is 0.387 e. The van der Waals surface area contributed by atoms with E-state index in [2.05, 4.69) is 22.2 Å². The number of hydrogen-bond acceptors (Lipinski definition) is 4. The lowest BCUT2D eigenvalue weighted by Crippen LogP contribution is -2.22. The fraction of sp³-hybridized carbons (Fsp3) is 0.400. The van der Waals surface area contributed by atoms with E-state index >= 15 is 0 Å². The number of nitrogens with one attached hydrogen (secondary N) is 1. The van der Waals surface area contributed by atoms with Crippen LogP contribution in [0.5, 0.6) is 17.2 Å². The lowest BCUT2D eigenvalue weighted by Gasteiger charge is -2.20. The molecule has 0 aromatic heterocycles. The molecule has 1 fully saturated rings. The molecule has 0 spiro atoms. The summed E-state index contributed by atoms with van der Waals surface area (Å²) in [4.78, 5) is 0. The predicted molar refractivity (Wildman–Crippen MR) is 94.9 cm³/mol. The maximum absolute atomic E-state index is 12.6. The first-order valence-corrected chi connectivity index (χ1v) is 8.59. The second-order valence-electron chi connectivity index (χ2n) is 6.33. The summed E-state index contributed by atoms with van der Waals surface area (Å²) >= 11 is 0. The van der Waals surface area contributed by atoms with Crippen molar-refractivity contribution in [3.05, 3.63) is 53.6 Å². The van der Waals surface area contributed by atoms with E-state index in [9.17, 15) is 8.78 Å². The molecule has 0 saturated heterocycles. The summed E-state index contributed by atoms with van der Waals surface area (Å²) in [5.74, 6) is 1.77. The Bertz CT molecular complexity index is 717. The van der Waals surface area contributed by atoms with Gasteiger partial charge in [-0.05, 0) is 54.2 Å². The zero-order valence-corrected chi connectivity index (χ0v) is 14.9. The molecular weight excluding hydrogens is 340 g/mol. The van der Waals surface area contributed by atoms with E-state index < -0.39 is 6.61 Å². The lowest BCUT2D eigenvalue weighted by molar-refractivity contribution is -0.0512. The van der Waals surface area contributed by atoms with E-state index in [1.54, 1.807) is 19.2 Å². The molecule has 0 aliphatic heterocycles. The van der Waals surface area contributed by atoms with Crippen LogP contribution in [-0.2, 0) is 6.54 Å². The second kappa shape index (κ2) is 8.36. The highest BCUT2D eigenvalue weighted by atomic mass is 19.3. The molecule has 1 saturated carbocycles. The number of hydrogen-bond donors (Lipinski definition) is 1. The van der Waals surface area contributed by atoms with Crippen molar-refractivity contribution in [3.63, 3.8) is 0 Å². The fourth-order valence-electron chi connectivity index (χ4n) is 3.04. The van der Waals surface area contributed by atoms with Crippen LogP contribution < -0.4 is 19.5 Å². The van der Waals surface area contributed by atoms with E-state index in [1.807, 2.05) is 18.2 Å². The molecule has 1 atom stereocenters. The Kier molecular flexibility index (Phi) is 5.93. The molecule has 26 heavy (non-hydrogen) atoms. The molecular formula is C20H23F2NO3. The molecule has 2 aromatic carbocycles. The molecule has 0 heterocycles. The van der Waals surface area contributed by atoms with E-state index in [-0.39, 0.29) is 11.8 Å². The van der Waals surface area contributed by atoms with Crippen LogP contribution in [0.2, 0.25) is 0 Å². The topological polar surface area (TPSA) is 39.7 Å². The van der Waals surface area contributed by atoms with Crippen molar-refractivity contribution in [1.82, 2.24) is 5.32 Å². The molecule has 1 aliphatic rings. The van der Waals surface area contributed by atoms with Crippen molar-refractivity contribution >= 4 is 0 Å². The monoisotopic (exact) mass is 363 g/mol. The van der Waals surface area contributed by atoms with Gasteiger partial charge in [0.05, 0.1) is 14.2 Å². The average molecular weight is 363 g/mol. The van der Waals surface area contributed by atoms with E-state index in [0.29, 0.717) is 18.2 Å². The average Bonchev–Trinajstić information content (AvgIpc) is 3.47. The van der Waals surface area contributed by atoms with Crippen LogP contribution in [-0.4, -0.2) is 20.8 Å². The first-order chi connectivity index (χ1) is 12.6. The zero-order valence-electron chi connectivity index (χ0n) is 14.9. The van der Waals surface area contributed by atoms with Gasteiger partial charge in [-0.15, -0.1) is 0 Å². The van der Waals surface area contributed by atoms with Gasteiger partial charge >= 0.3 is 6.61 Å². The summed E-state index contributed by atoms with van der Waals surface area (Å²) in [7, 11) is 3.08. The number of alkyl halides is 2. The molecule has 3 rings (SSSR count). The van der Waals surface area contributed by atoms with Crippen LogP contribution in [0.4, 0.5) is 8.78 Å². The maximum atomic E-state index is 12.6. The number of rotatable bonds is 9. The van der Waals surface area contributed by atoms with Gasteiger partial charge in [-0.2, -0.15) is 8.78 Å². The van der Waals surface area contributed by atoms with Crippen molar-refractivity contribution < 1.29 is 23.0 Å². The zero-order chi connectivity index (χ0) is 18.5. The minimum Gasteiger partial charge on any atom is -0.497 e. The third-order valence-electron chi connectivity index (χ3n) is 4.54. The first-order valence-electron chi connectivity index (χ1n) is 8.59. The number of benzene rings is 2. The summed E-state index contributed by atoms with van der Waals surface area (Å²) in [5, 5.41) is 3.55. The van der Waals surface area contributed by atoms with Crippen LogP contribution in [0.25, 0.3) is 0 Å². The van der Waals surface area contributed by atoms with E-state index in [4.69, 9.17) is 9.47 Å². The third kappa shape index (κ3) is 4.64. The molecule has 0 amide bonds. The van der Waals surface area contributed by atoms with Gasteiger partial charge in [0.1, 0.15) is 5.75 Å². The third-order valence-corrected chi connectivity index (χ3v) is 4.54. The van der Waals surface area contributed by atoms with Gasteiger partial charge < -0.3 is 19.5 Å². The molecule has 0 radical (unpaired) electrons. The van der Waals surface area contributed by atoms with Gasteiger partial charge in [-0.1, -0.05) is 18.2 Å². The highest BCUT2D eigenvalue weighted by Gasteiger charge is 2.32. The summed E-state index contributed by atoms with van der Waals surface area (Å²) in [5.41, 5.74) is 2.06. The van der Waals surface area contributed by atoms with Gasteiger partial charge in [-0.3, -0.25) is 0 Å². The van der Waals surface area contributed by atoms with E-state index in [0.717, 1.165) is 11.3 Å². The summed E-state index contributed by atoms with van der Waals surface area (Å²) in [6.07, 6.45) is 2.37. The highest BCUT2D eigenvalue weighted by molar-refractivity contribution is 5.43. The fourth-order valence-corrected chi connectivity index (χ4v) is 3.04. The minimum absolute atomic E-state index is 0.0502. The quantitative estimate of drug-likeness (QED) is 0.710. The molecule has 0 bridgehead atoms. The Morgan fingerprint density at radius 3 is 2.31 bits per heavy atom. The largest absolute Gasteiger partial charge is 0.497 e. The van der Waals surface area contributed by atoms with Gasteiger partial charge in [0.15, 0.2) is 11.5 Å². The molecule has 140 valence electrons. The van der Waals surface area contributed by atoms with Crippen molar-refractivity contribution in [2.75, 3.05) is 14.2 Å². The maximum Gasteiger partial charge on any atom is 0.387 e. The Balaban J connectivity index is 1.71. The minimum atomic E-state index is -2.88. The number of halogens is 2. The Morgan fingerprint density at radius 1 is 1.00 bits per heavy atom. The normalized spacial score (nSPS) is 15.0. The van der Waals surface area contributed by atoms with E-state index in [1.165, 1.54) is 25.5 Å². The number of ether oxygens (including phenoxy) is 3. The lowest BCUT2D eigenvalue weighted by atomic mass is 10.0. The molecule has 6 heteroatoms. The van der Waals surface area contributed by atoms with Crippen LogP contribution in [0.15, 0.2) is 42.5 Å². The molecule has 1 unspecified atom stereocenters. The SMILES string of the molecule is COc1ccc(C(NCc2ccc(OC)c(OC(F)F)c2)C2CC2)cc1. The standard InChI is InChI=1S/C20H23F2NO3/c1-24-16-8-6-15(7-9-16)19(14-4-5-14)23-12-13-3-10-17(25-2)18(11-13)26-20(21)22/h3,6-11,14,19-20,23H,4-5,12H2,1-2H3. The van der Waals surface area contributed by atoms with Crippen LogP contribution >= 0.6 is 0 Å².